The van der Waals surface area contributed by atoms with Crippen molar-refractivity contribution in [2.45, 2.75) is 39.3 Å². The van der Waals surface area contributed by atoms with Crippen LogP contribution in [0.4, 0.5) is 11.8 Å². The van der Waals surface area contributed by atoms with E-state index in [-0.39, 0.29) is 11.9 Å². The molecule has 3 rings (SSSR count). The Hall–Kier alpha value is -2.77. The largest absolute Gasteiger partial charge is 0.366 e. The molecule has 1 aliphatic heterocycles. The van der Waals surface area contributed by atoms with Crippen molar-refractivity contribution < 1.29 is 4.79 Å². The second kappa shape index (κ2) is 7.63. The molecule has 26 heavy (non-hydrogen) atoms. The number of hydrogen-bond donors (Lipinski definition) is 1. The average Bonchev–Trinajstić information content (AvgIpc) is 2.67. The molecule has 1 amide bonds. The number of amides is 1. The van der Waals surface area contributed by atoms with Gasteiger partial charge in [0.1, 0.15) is 17.4 Å². The number of anilines is 2. The Kier molecular flexibility index (Phi) is 5.29. The van der Waals surface area contributed by atoms with E-state index in [1.807, 2.05) is 0 Å². The minimum atomic E-state index is -0.0376. The lowest BCUT2D eigenvalue weighted by Crippen LogP contribution is -2.54. The van der Waals surface area contributed by atoms with E-state index in [1.54, 1.807) is 11.1 Å². The lowest BCUT2D eigenvalue weighted by atomic mass is 10.2. The van der Waals surface area contributed by atoms with Crippen LogP contribution in [0.15, 0.2) is 25.2 Å². The molecule has 138 valence electrons. The molecule has 2 atom stereocenters. The average molecular weight is 355 g/mol. The van der Waals surface area contributed by atoms with Gasteiger partial charge in [0.2, 0.25) is 11.9 Å². The summed E-state index contributed by atoms with van der Waals surface area (Å²) < 4.78 is 0. The van der Waals surface area contributed by atoms with Gasteiger partial charge in [0.15, 0.2) is 5.82 Å². The first-order valence-electron chi connectivity index (χ1n) is 8.95. The van der Waals surface area contributed by atoms with Gasteiger partial charge in [-0.1, -0.05) is 13.5 Å². The Morgan fingerprint density at radius 1 is 1.42 bits per heavy atom. The third-order valence-corrected chi connectivity index (χ3v) is 4.73. The Bertz CT molecular complexity index is 809. The summed E-state index contributed by atoms with van der Waals surface area (Å²) in [7, 11) is 0. The lowest BCUT2D eigenvalue weighted by Gasteiger charge is -2.39. The van der Waals surface area contributed by atoms with Gasteiger partial charge in [-0.3, -0.25) is 4.79 Å². The zero-order chi connectivity index (χ0) is 18.7. The van der Waals surface area contributed by atoms with Crippen molar-refractivity contribution in [2.75, 3.05) is 29.9 Å². The van der Waals surface area contributed by atoms with Crippen LogP contribution in [0.5, 0.6) is 0 Å². The zero-order valence-corrected chi connectivity index (χ0v) is 15.5. The molecule has 8 heteroatoms. The van der Waals surface area contributed by atoms with E-state index in [9.17, 15) is 4.79 Å². The number of carbonyl (C=O) groups excluding carboxylic acids is 1. The highest BCUT2D eigenvalue weighted by Gasteiger charge is 2.27. The molecular formula is C18H25N7O. The van der Waals surface area contributed by atoms with Crippen LogP contribution in [0.2, 0.25) is 0 Å². The summed E-state index contributed by atoms with van der Waals surface area (Å²) in [5.41, 5.74) is 1.43. The quantitative estimate of drug-likeness (QED) is 0.819. The summed E-state index contributed by atoms with van der Waals surface area (Å²) >= 11 is 0. The van der Waals surface area contributed by atoms with Crippen LogP contribution >= 0.6 is 0 Å². The number of hydrogen-bond acceptors (Lipinski definition) is 7. The lowest BCUT2D eigenvalue weighted by molar-refractivity contribution is -0.126. The van der Waals surface area contributed by atoms with Crippen molar-refractivity contribution in [3.63, 3.8) is 0 Å². The molecule has 2 aromatic rings. The standard InChI is InChI=1S/C18H25N7O/c1-5-12(3)22-17-16-14(20-11-21-17)9-19-18(23-16)25-8-7-24(10-13(25)4)15(26)6-2/h6,9,11-13H,2,5,7-8,10H2,1,3-4H3,(H,20,21,22)/t12-,13+/m1/s1. The van der Waals surface area contributed by atoms with Gasteiger partial charge in [-0.05, 0) is 26.3 Å². The summed E-state index contributed by atoms with van der Waals surface area (Å²) in [6, 6.07) is 0.402. The normalized spacial score (nSPS) is 18.7. The predicted molar refractivity (Wildman–Crippen MR) is 102 cm³/mol. The minimum absolute atomic E-state index is 0.0376. The highest BCUT2D eigenvalue weighted by atomic mass is 16.2. The Labute approximate surface area is 153 Å². The Morgan fingerprint density at radius 3 is 2.92 bits per heavy atom. The molecule has 8 nitrogen and oxygen atoms in total. The second-order valence-corrected chi connectivity index (χ2v) is 6.61. The van der Waals surface area contributed by atoms with Crippen molar-refractivity contribution in [1.29, 1.82) is 0 Å². The molecule has 3 heterocycles. The third kappa shape index (κ3) is 3.58. The van der Waals surface area contributed by atoms with Gasteiger partial charge in [0.05, 0.1) is 6.20 Å². The van der Waals surface area contributed by atoms with Gasteiger partial charge < -0.3 is 15.1 Å². The molecule has 0 unspecified atom stereocenters. The van der Waals surface area contributed by atoms with Gasteiger partial charge in [-0.25, -0.2) is 19.9 Å². The van der Waals surface area contributed by atoms with E-state index in [2.05, 4.69) is 52.5 Å². The molecule has 0 saturated carbocycles. The number of aromatic nitrogens is 4. The van der Waals surface area contributed by atoms with Crippen molar-refractivity contribution in [3.8, 4) is 0 Å². The number of fused-ring (bicyclic) bond motifs is 1. The fourth-order valence-electron chi connectivity index (χ4n) is 3.01. The SMILES string of the molecule is C=CC(=O)N1CCN(c2ncc3ncnc(N[C@H](C)CC)c3n2)[C@@H](C)C1. The van der Waals surface area contributed by atoms with Crippen LogP contribution in [0.3, 0.4) is 0 Å². The van der Waals surface area contributed by atoms with Gasteiger partial charge in [-0.15, -0.1) is 0 Å². The number of rotatable bonds is 5. The topological polar surface area (TPSA) is 87.1 Å². The fourth-order valence-corrected chi connectivity index (χ4v) is 3.01. The molecule has 0 radical (unpaired) electrons. The maximum Gasteiger partial charge on any atom is 0.246 e. The van der Waals surface area contributed by atoms with Gasteiger partial charge in [0, 0.05) is 31.7 Å². The maximum atomic E-state index is 11.8. The van der Waals surface area contributed by atoms with Crippen LogP contribution in [0.25, 0.3) is 11.0 Å². The molecule has 2 aromatic heterocycles. The first kappa shape index (κ1) is 18.0. The summed E-state index contributed by atoms with van der Waals surface area (Å²) in [5, 5.41) is 3.38. The van der Waals surface area contributed by atoms with Crippen molar-refractivity contribution >= 4 is 28.7 Å². The van der Waals surface area contributed by atoms with Gasteiger partial charge in [0.25, 0.3) is 0 Å². The highest BCUT2D eigenvalue weighted by molar-refractivity contribution is 5.87. The van der Waals surface area contributed by atoms with Crippen molar-refractivity contribution in [3.05, 3.63) is 25.2 Å². The van der Waals surface area contributed by atoms with Crippen LogP contribution in [-0.4, -0.2) is 62.5 Å². The van der Waals surface area contributed by atoms with Crippen molar-refractivity contribution in [1.82, 2.24) is 24.8 Å². The molecular weight excluding hydrogens is 330 g/mol. The maximum absolute atomic E-state index is 11.8. The monoisotopic (exact) mass is 355 g/mol. The molecule has 1 aliphatic rings. The van der Waals surface area contributed by atoms with E-state index < -0.39 is 0 Å². The first-order chi connectivity index (χ1) is 12.5. The van der Waals surface area contributed by atoms with E-state index >= 15 is 0 Å². The van der Waals surface area contributed by atoms with Crippen LogP contribution in [0.1, 0.15) is 27.2 Å². The number of nitrogens with one attached hydrogen (secondary N) is 1. The second-order valence-electron chi connectivity index (χ2n) is 6.61. The number of nitrogens with zero attached hydrogens (tertiary/aromatic N) is 6. The molecule has 1 fully saturated rings. The molecule has 1 saturated heterocycles. The Morgan fingerprint density at radius 2 is 2.23 bits per heavy atom. The van der Waals surface area contributed by atoms with Crippen molar-refractivity contribution in [2.24, 2.45) is 0 Å². The molecule has 0 spiro atoms. The molecule has 1 N–H and O–H groups in total. The zero-order valence-electron chi connectivity index (χ0n) is 15.5. The fraction of sp³-hybridized carbons (Fsp3) is 0.500. The highest BCUT2D eigenvalue weighted by Crippen LogP contribution is 2.22. The summed E-state index contributed by atoms with van der Waals surface area (Å²) in [5.74, 6) is 1.32. The molecule has 0 aliphatic carbocycles. The summed E-state index contributed by atoms with van der Waals surface area (Å²) in [6.45, 7) is 11.8. The minimum Gasteiger partial charge on any atom is -0.366 e. The molecule has 0 bridgehead atoms. The van der Waals surface area contributed by atoms with Crippen LogP contribution in [-0.2, 0) is 4.79 Å². The van der Waals surface area contributed by atoms with Crippen LogP contribution < -0.4 is 10.2 Å². The van der Waals surface area contributed by atoms with E-state index in [0.29, 0.717) is 37.1 Å². The van der Waals surface area contributed by atoms with Gasteiger partial charge >= 0.3 is 0 Å². The Balaban J connectivity index is 1.88. The predicted octanol–water partition coefficient (Wildman–Crippen LogP) is 1.85. The first-order valence-corrected chi connectivity index (χ1v) is 8.95. The van der Waals surface area contributed by atoms with Gasteiger partial charge in [-0.2, -0.15) is 0 Å². The summed E-state index contributed by atoms with van der Waals surface area (Å²) in [4.78, 5) is 33.6. The smallest absolute Gasteiger partial charge is 0.246 e. The summed E-state index contributed by atoms with van der Waals surface area (Å²) in [6.07, 6.45) is 5.60. The van der Waals surface area contributed by atoms with E-state index in [0.717, 1.165) is 17.8 Å². The molecule has 0 aromatic carbocycles. The van der Waals surface area contributed by atoms with Crippen LogP contribution in [0, 0.1) is 0 Å². The third-order valence-electron chi connectivity index (χ3n) is 4.73. The van der Waals surface area contributed by atoms with E-state index in [4.69, 9.17) is 4.98 Å². The number of piperazine rings is 1. The van der Waals surface area contributed by atoms with E-state index in [1.165, 1.54) is 12.4 Å². The number of carbonyl (C=O) groups is 1.